The van der Waals surface area contributed by atoms with Crippen molar-refractivity contribution in [2.45, 2.75) is 6.92 Å². The van der Waals surface area contributed by atoms with Crippen LogP contribution in [-0.4, -0.2) is 25.4 Å². The third kappa shape index (κ3) is 3.46. The van der Waals surface area contributed by atoms with E-state index in [2.05, 4.69) is 31.9 Å². The molecule has 18 heavy (non-hydrogen) atoms. The first-order valence-electron chi connectivity index (χ1n) is 5.02. The number of benzene rings is 1. The molecule has 0 saturated heterocycles. The average Bonchev–Trinajstić information content (AvgIpc) is 2.33. The van der Waals surface area contributed by atoms with Gasteiger partial charge in [0.05, 0.1) is 11.1 Å². The number of amides is 1. The Hall–Kier alpha value is -1.08. The van der Waals surface area contributed by atoms with Crippen LogP contribution >= 0.6 is 31.9 Å². The van der Waals surface area contributed by atoms with Crippen molar-refractivity contribution < 1.29 is 19.1 Å². The fourth-order valence-corrected chi connectivity index (χ4v) is 2.16. The predicted molar refractivity (Wildman–Crippen MR) is 73.1 cm³/mol. The van der Waals surface area contributed by atoms with Crippen LogP contribution in [0.15, 0.2) is 15.0 Å². The van der Waals surface area contributed by atoms with Crippen molar-refractivity contribution in [1.82, 2.24) is 0 Å². The molecule has 0 aliphatic carbocycles. The smallest absolute Gasteiger partial charge is 0.255 e. The molecule has 1 amide bonds. The molecule has 7 heteroatoms. The summed E-state index contributed by atoms with van der Waals surface area (Å²) in [5.41, 5.74) is 5.43. The molecule has 1 aromatic rings. The maximum absolute atomic E-state index is 10.9. The molecular weight excluding hydrogens is 370 g/mol. The summed E-state index contributed by atoms with van der Waals surface area (Å²) in [6, 6.07) is 1.53. The Morgan fingerprint density at radius 3 is 2.56 bits per heavy atom. The molecule has 98 valence electrons. The number of ether oxygens (including phenoxy) is 2. The molecule has 0 saturated carbocycles. The average molecular weight is 381 g/mol. The number of primary amides is 1. The largest absolute Gasteiger partial charge is 0.490 e. The Morgan fingerprint density at radius 2 is 2.06 bits per heavy atom. The fourth-order valence-electron chi connectivity index (χ4n) is 1.23. The van der Waals surface area contributed by atoms with Crippen LogP contribution in [0.3, 0.4) is 0 Å². The van der Waals surface area contributed by atoms with Gasteiger partial charge in [0, 0.05) is 10.0 Å². The van der Waals surface area contributed by atoms with Crippen LogP contribution < -0.4 is 15.2 Å². The van der Waals surface area contributed by atoms with Gasteiger partial charge in [-0.1, -0.05) is 0 Å². The van der Waals surface area contributed by atoms with Crippen LogP contribution in [-0.2, 0) is 4.79 Å². The number of carbonyl (C=O) groups is 2. The minimum absolute atomic E-state index is 0.272. The van der Waals surface area contributed by atoms with Crippen LogP contribution in [0.2, 0.25) is 0 Å². The van der Waals surface area contributed by atoms with Crippen LogP contribution in [0, 0.1) is 0 Å². The number of hydrogen-bond donors (Lipinski definition) is 1. The zero-order valence-corrected chi connectivity index (χ0v) is 12.7. The topological polar surface area (TPSA) is 78.6 Å². The Bertz CT molecular complexity index is 477. The third-order valence-electron chi connectivity index (χ3n) is 1.94. The molecule has 0 spiro atoms. The van der Waals surface area contributed by atoms with Crippen molar-refractivity contribution in [1.29, 1.82) is 0 Å². The van der Waals surface area contributed by atoms with Gasteiger partial charge in [0.25, 0.3) is 5.91 Å². The van der Waals surface area contributed by atoms with E-state index in [-0.39, 0.29) is 6.61 Å². The maximum Gasteiger partial charge on any atom is 0.255 e. The summed E-state index contributed by atoms with van der Waals surface area (Å²) < 4.78 is 11.7. The first kappa shape index (κ1) is 15.0. The van der Waals surface area contributed by atoms with Gasteiger partial charge in [-0.3, -0.25) is 9.59 Å². The molecule has 0 unspecified atom stereocenters. The Labute approximate surface area is 121 Å². The van der Waals surface area contributed by atoms with Crippen LogP contribution in [0.4, 0.5) is 0 Å². The molecule has 0 aliphatic rings. The highest BCUT2D eigenvalue weighted by Crippen LogP contribution is 2.42. The van der Waals surface area contributed by atoms with Gasteiger partial charge < -0.3 is 15.2 Å². The molecule has 0 aromatic heterocycles. The van der Waals surface area contributed by atoms with Crippen molar-refractivity contribution in [3.63, 3.8) is 0 Å². The van der Waals surface area contributed by atoms with Crippen molar-refractivity contribution in [2.75, 3.05) is 13.2 Å². The van der Waals surface area contributed by atoms with E-state index in [0.29, 0.717) is 38.9 Å². The molecule has 2 N–H and O–H groups in total. The molecular formula is C11H11Br2NO4. The van der Waals surface area contributed by atoms with E-state index >= 15 is 0 Å². The first-order chi connectivity index (χ1) is 8.51. The lowest BCUT2D eigenvalue weighted by Crippen LogP contribution is -2.20. The Balaban J connectivity index is 3.23. The fraction of sp³-hybridized carbons (Fsp3) is 0.273. The van der Waals surface area contributed by atoms with Crippen molar-refractivity contribution in [2.24, 2.45) is 5.73 Å². The number of aldehydes is 1. The van der Waals surface area contributed by atoms with E-state index in [0.717, 1.165) is 0 Å². The zero-order valence-electron chi connectivity index (χ0n) is 9.54. The molecule has 0 radical (unpaired) electrons. The second-order valence-corrected chi connectivity index (χ2v) is 4.81. The van der Waals surface area contributed by atoms with E-state index < -0.39 is 5.91 Å². The lowest BCUT2D eigenvalue weighted by atomic mass is 10.2. The molecule has 0 heterocycles. The maximum atomic E-state index is 10.9. The van der Waals surface area contributed by atoms with Crippen LogP contribution in [0.25, 0.3) is 0 Å². The Morgan fingerprint density at radius 1 is 1.39 bits per heavy atom. The summed E-state index contributed by atoms with van der Waals surface area (Å²) >= 11 is 6.53. The van der Waals surface area contributed by atoms with Gasteiger partial charge in [0.2, 0.25) is 0 Å². The highest BCUT2D eigenvalue weighted by Gasteiger charge is 2.17. The van der Waals surface area contributed by atoms with Gasteiger partial charge >= 0.3 is 0 Å². The highest BCUT2D eigenvalue weighted by atomic mass is 79.9. The normalized spacial score (nSPS) is 9.94. The SMILES string of the molecule is CCOc1cc(C=O)c(Br)c(Br)c1OCC(N)=O. The molecule has 1 aromatic carbocycles. The molecule has 0 bridgehead atoms. The quantitative estimate of drug-likeness (QED) is 0.768. The van der Waals surface area contributed by atoms with Gasteiger partial charge in [-0.25, -0.2) is 0 Å². The molecule has 0 aliphatic heterocycles. The number of nitrogens with two attached hydrogens (primary N) is 1. The third-order valence-corrected chi connectivity index (χ3v) is 4.08. The van der Waals surface area contributed by atoms with Gasteiger partial charge in [-0.2, -0.15) is 0 Å². The van der Waals surface area contributed by atoms with E-state index in [1.165, 1.54) is 6.07 Å². The monoisotopic (exact) mass is 379 g/mol. The number of carbonyl (C=O) groups excluding carboxylic acids is 2. The Kier molecular flexibility index (Phi) is 5.61. The highest BCUT2D eigenvalue weighted by molar-refractivity contribution is 9.13. The van der Waals surface area contributed by atoms with Crippen LogP contribution in [0.1, 0.15) is 17.3 Å². The standard InChI is InChI=1S/C11H11Br2NO4/c1-2-17-7-3-6(4-15)9(12)10(13)11(7)18-5-8(14)16/h3-4H,2,5H2,1H3,(H2,14,16). The summed E-state index contributed by atoms with van der Waals surface area (Å²) in [5.74, 6) is 0.101. The van der Waals surface area contributed by atoms with E-state index in [1.807, 2.05) is 0 Å². The van der Waals surface area contributed by atoms with Gasteiger partial charge in [0.1, 0.15) is 0 Å². The molecule has 0 fully saturated rings. The summed E-state index contributed by atoms with van der Waals surface area (Å²) in [6.07, 6.45) is 0.690. The molecule has 0 atom stereocenters. The van der Waals surface area contributed by atoms with Crippen molar-refractivity contribution in [3.05, 3.63) is 20.6 Å². The zero-order chi connectivity index (χ0) is 13.7. The second-order valence-electron chi connectivity index (χ2n) is 3.23. The first-order valence-corrected chi connectivity index (χ1v) is 6.60. The van der Waals surface area contributed by atoms with Gasteiger partial charge in [-0.15, -0.1) is 0 Å². The summed E-state index contributed by atoms with van der Waals surface area (Å²) in [4.78, 5) is 21.6. The summed E-state index contributed by atoms with van der Waals surface area (Å²) in [6.45, 7) is 1.93. The minimum Gasteiger partial charge on any atom is -0.490 e. The minimum atomic E-state index is -0.597. The van der Waals surface area contributed by atoms with Gasteiger partial charge in [-0.05, 0) is 44.8 Å². The number of halogens is 2. The van der Waals surface area contributed by atoms with E-state index in [9.17, 15) is 9.59 Å². The predicted octanol–water partition coefficient (Wildman–Crippen LogP) is 2.29. The van der Waals surface area contributed by atoms with Gasteiger partial charge in [0.15, 0.2) is 24.4 Å². The molecule has 1 rings (SSSR count). The van der Waals surface area contributed by atoms with E-state index in [1.54, 1.807) is 6.92 Å². The molecule has 5 nitrogen and oxygen atoms in total. The summed E-state index contributed by atoms with van der Waals surface area (Å²) in [7, 11) is 0. The van der Waals surface area contributed by atoms with Crippen LogP contribution in [0.5, 0.6) is 11.5 Å². The van der Waals surface area contributed by atoms with Crippen molar-refractivity contribution in [3.8, 4) is 11.5 Å². The number of rotatable bonds is 6. The summed E-state index contributed by atoms with van der Waals surface area (Å²) in [5, 5.41) is 0. The van der Waals surface area contributed by atoms with E-state index in [4.69, 9.17) is 15.2 Å². The lowest BCUT2D eigenvalue weighted by molar-refractivity contribution is -0.119. The number of hydrogen-bond acceptors (Lipinski definition) is 4. The second kappa shape index (κ2) is 6.75. The lowest BCUT2D eigenvalue weighted by Gasteiger charge is -2.14. The van der Waals surface area contributed by atoms with Crippen molar-refractivity contribution >= 4 is 44.1 Å².